The van der Waals surface area contributed by atoms with Crippen molar-refractivity contribution in [3.63, 3.8) is 0 Å². The van der Waals surface area contributed by atoms with E-state index >= 15 is 0 Å². The number of aromatic nitrogens is 1. The number of carbonyl (C=O) groups is 1. The van der Waals surface area contributed by atoms with E-state index in [4.69, 9.17) is 23.2 Å². The fraction of sp³-hybridized carbons (Fsp3) is 0.294. The van der Waals surface area contributed by atoms with Crippen LogP contribution in [0.4, 0.5) is 0 Å². The quantitative estimate of drug-likeness (QED) is 0.739. The molecule has 126 valence electrons. The molecule has 3 rings (SSSR count). The lowest BCUT2D eigenvalue weighted by molar-refractivity contribution is 0.0611. The molecule has 0 aliphatic carbocycles. The zero-order valence-electron chi connectivity index (χ0n) is 12.9. The number of halogens is 3. The number of carbonyl (C=O) groups excluding carboxylic acids is 1. The van der Waals surface area contributed by atoms with E-state index in [2.05, 4.69) is 15.9 Å². The Morgan fingerprint density at radius 3 is 2.71 bits per heavy atom. The standard InChI is InChI=1S/C17H15BrCl2N2O2/c1-10-9-22-15(5-3-13(18)16(22)23)17(24)21(10)7-6-11-8-12(19)2-4-14(11)20/h2-5,8,10H,6-7,9H2,1H3. The second-order valence-corrected chi connectivity index (χ2v) is 7.51. The molecule has 0 fully saturated rings. The molecule has 1 unspecified atom stereocenters. The van der Waals surface area contributed by atoms with Gasteiger partial charge in [0, 0.05) is 29.2 Å². The summed E-state index contributed by atoms with van der Waals surface area (Å²) in [6, 6.07) is 8.54. The normalized spacial score (nSPS) is 17.1. The maximum atomic E-state index is 12.8. The van der Waals surface area contributed by atoms with Crippen molar-refractivity contribution in [1.82, 2.24) is 9.47 Å². The monoisotopic (exact) mass is 428 g/mol. The van der Waals surface area contributed by atoms with E-state index in [0.717, 1.165) is 5.56 Å². The van der Waals surface area contributed by atoms with Gasteiger partial charge in [-0.25, -0.2) is 0 Å². The van der Waals surface area contributed by atoms with Gasteiger partial charge in [0.15, 0.2) is 0 Å². The van der Waals surface area contributed by atoms with Crippen LogP contribution in [-0.4, -0.2) is 28.0 Å². The van der Waals surface area contributed by atoms with Crippen LogP contribution in [0.15, 0.2) is 39.6 Å². The van der Waals surface area contributed by atoms with Crippen molar-refractivity contribution in [3.8, 4) is 0 Å². The average Bonchev–Trinajstić information content (AvgIpc) is 2.54. The zero-order valence-corrected chi connectivity index (χ0v) is 16.0. The van der Waals surface area contributed by atoms with Crippen LogP contribution in [0, 0.1) is 0 Å². The van der Waals surface area contributed by atoms with Gasteiger partial charge in [0.2, 0.25) is 0 Å². The summed E-state index contributed by atoms with van der Waals surface area (Å²) in [5.74, 6) is -0.142. The van der Waals surface area contributed by atoms with Gasteiger partial charge in [0.25, 0.3) is 11.5 Å². The van der Waals surface area contributed by atoms with Crippen LogP contribution in [0.1, 0.15) is 23.0 Å². The predicted octanol–water partition coefficient (Wildman–Crippen LogP) is 4.00. The number of rotatable bonds is 3. The molecule has 1 amide bonds. The van der Waals surface area contributed by atoms with E-state index in [1.54, 1.807) is 29.2 Å². The maximum absolute atomic E-state index is 12.8. The summed E-state index contributed by atoms with van der Waals surface area (Å²) in [6.07, 6.45) is 0.607. The molecule has 1 aromatic heterocycles. The molecule has 0 spiro atoms. The minimum absolute atomic E-state index is 0.0741. The van der Waals surface area contributed by atoms with Crippen molar-refractivity contribution in [2.45, 2.75) is 25.9 Å². The topological polar surface area (TPSA) is 42.3 Å². The molecule has 1 atom stereocenters. The van der Waals surface area contributed by atoms with Gasteiger partial charge < -0.3 is 9.47 Å². The third-order valence-corrected chi connectivity index (χ3v) is 5.42. The Morgan fingerprint density at radius 1 is 1.21 bits per heavy atom. The number of fused-ring (bicyclic) bond motifs is 1. The number of nitrogens with zero attached hydrogens (tertiary/aromatic N) is 2. The van der Waals surface area contributed by atoms with Crippen LogP contribution in [0.2, 0.25) is 10.0 Å². The Morgan fingerprint density at radius 2 is 1.96 bits per heavy atom. The SMILES string of the molecule is CC1Cn2c(ccc(Br)c2=O)C(=O)N1CCc1cc(Cl)ccc1Cl. The molecule has 0 radical (unpaired) electrons. The Bertz CT molecular complexity index is 866. The Labute approximate surface area is 158 Å². The van der Waals surface area contributed by atoms with Gasteiger partial charge in [-0.2, -0.15) is 0 Å². The Hall–Kier alpha value is -1.30. The lowest BCUT2D eigenvalue weighted by Gasteiger charge is -2.35. The summed E-state index contributed by atoms with van der Waals surface area (Å²) in [6.45, 7) is 2.93. The first kappa shape index (κ1) is 17.5. The van der Waals surface area contributed by atoms with Crippen LogP contribution in [0.25, 0.3) is 0 Å². The zero-order chi connectivity index (χ0) is 17.4. The van der Waals surface area contributed by atoms with Crippen LogP contribution < -0.4 is 5.56 Å². The summed E-state index contributed by atoms with van der Waals surface area (Å²) < 4.78 is 1.99. The van der Waals surface area contributed by atoms with Crippen molar-refractivity contribution in [3.05, 3.63) is 66.5 Å². The summed E-state index contributed by atoms with van der Waals surface area (Å²) in [7, 11) is 0. The lowest BCUT2D eigenvalue weighted by Crippen LogP contribution is -2.50. The van der Waals surface area contributed by atoms with Crippen LogP contribution in [0.5, 0.6) is 0 Å². The van der Waals surface area contributed by atoms with E-state index in [9.17, 15) is 9.59 Å². The highest BCUT2D eigenvalue weighted by Crippen LogP contribution is 2.23. The summed E-state index contributed by atoms with van der Waals surface area (Å²) >= 11 is 15.4. The molecule has 0 N–H and O–H groups in total. The minimum atomic E-state index is -0.176. The van der Waals surface area contributed by atoms with Gasteiger partial charge in [-0.15, -0.1) is 0 Å². The summed E-state index contributed by atoms with van der Waals surface area (Å²) in [5, 5.41) is 1.26. The third-order valence-electron chi connectivity index (χ3n) is 4.22. The van der Waals surface area contributed by atoms with Crippen molar-refractivity contribution >= 4 is 45.0 Å². The molecule has 2 aromatic rings. The Balaban J connectivity index is 1.84. The van der Waals surface area contributed by atoms with Gasteiger partial charge in [0.1, 0.15) is 5.69 Å². The van der Waals surface area contributed by atoms with E-state index in [1.807, 2.05) is 13.0 Å². The second kappa shape index (κ2) is 6.90. The second-order valence-electron chi connectivity index (χ2n) is 5.82. The number of pyridine rings is 1. The van der Waals surface area contributed by atoms with E-state index in [1.165, 1.54) is 4.57 Å². The van der Waals surface area contributed by atoms with Crippen molar-refractivity contribution < 1.29 is 4.79 Å². The van der Waals surface area contributed by atoms with E-state index in [0.29, 0.717) is 39.7 Å². The molecule has 1 aliphatic heterocycles. The van der Waals surface area contributed by atoms with Crippen molar-refractivity contribution in [2.75, 3.05) is 6.54 Å². The fourth-order valence-corrected chi connectivity index (χ4v) is 3.68. The van der Waals surface area contributed by atoms with Crippen LogP contribution in [-0.2, 0) is 13.0 Å². The number of hydrogen-bond donors (Lipinski definition) is 0. The summed E-state index contributed by atoms with van der Waals surface area (Å²) in [5.41, 5.74) is 1.15. The first-order valence-corrected chi connectivity index (χ1v) is 9.07. The van der Waals surface area contributed by atoms with Gasteiger partial charge in [-0.3, -0.25) is 9.59 Å². The first-order valence-electron chi connectivity index (χ1n) is 7.52. The number of hydrogen-bond acceptors (Lipinski definition) is 2. The smallest absolute Gasteiger partial charge is 0.270 e. The molecular formula is C17H15BrCl2N2O2. The molecule has 2 heterocycles. The van der Waals surface area contributed by atoms with E-state index < -0.39 is 0 Å². The highest BCUT2D eigenvalue weighted by atomic mass is 79.9. The maximum Gasteiger partial charge on any atom is 0.270 e. The molecular weight excluding hydrogens is 415 g/mol. The Kier molecular flexibility index (Phi) is 5.04. The minimum Gasteiger partial charge on any atom is -0.333 e. The first-order chi connectivity index (χ1) is 11.4. The van der Waals surface area contributed by atoms with Gasteiger partial charge in [-0.1, -0.05) is 23.2 Å². The highest BCUT2D eigenvalue weighted by molar-refractivity contribution is 9.10. The highest BCUT2D eigenvalue weighted by Gasteiger charge is 2.30. The number of benzene rings is 1. The molecule has 7 heteroatoms. The lowest BCUT2D eigenvalue weighted by atomic mass is 10.1. The molecule has 1 aliphatic rings. The molecule has 0 saturated carbocycles. The van der Waals surface area contributed by atoms with Crippen molar-refractivity contribution in [2.24, 2.45) is 0 Å². The number of amides is 1. The molecule has 1 aromatic carbocycles. The van der Waals surface area contributed by atoms with E-state index in [-0.39, 0.29) is 17.5 Å². The molecule has 24 heavy (non-hydrogen) atoms. The van der Waals surface area contributed by atoms with Gasteiger partial charge in [-0.05, 0) is 65.2 Å². The predicted molar refractivity (Wildman–Crippen MR) is 99.1 cm³/mol. The molecule has 0 bridgehead atoms. The molecule has 0 saturated heterocycles. The van der Waals surface area contributed by atoms with Gasteiger partial charge in [0.05, 0.1) is 4.47 Å². The fourth-order valence-electron chi connectivity index (χ4n) is 2.93. The van der Waals surface area contributed by atoms with Crippen molar-refractivity contribution in [1.29, 1.82) is 0 Å². The van der Waals surface area contributed by atoms with Gasteiger partial charge >= 0.3 is 0 Å². The van der Waals surface area contributed by atoms with Crippen LogP contribution >= 0.6 is 39.1 Å². The molecule has 4 nitrogen and oxygen atoms in total. The summed E-state index contributed by atoms with van der Waals surface area (Å²) in [4.78, 5) is 26.7. The van der Waals surface area contributed by atoms with Crippen LogP contribution in [0.3, 0.4) is 0 Å². The average molecular weight is 430 g/mol. The third kappa shape index (κ3) is 3.25. The largest absolute Gasteiger partial charge is 0.333 e.